The summed E-state index contributed by atoms with van der Waals surface area (Å²) in [5, 5.41) is 5.98. The van der Waals surface area contributed by atoms with Crippen molar-refractivity contribution in [1.29, 1.82) is 0 Å². The van der Waals surface area contributed by atoms with Crippen LogP contribution in [0, 0.1) is 5.92 Å². The maximum Gasteiger partial charge on any atom is 0.227 e. The van der Waals surface area contributed by atoms with Crippen molar-refractivity contribution in [3.63, 3.8) is 0 Å². The zero-order valence-electron chi connectivity index (χ0n) is 22.5. The molecular formula is C27H47N9. The molecule has 0 bridgehead atoms. The Kier molecular flexibility index (Phi) is 8.59. The molecule has 3 heterocycles. The third-order valence-electron chi connectivity index (χ3n) is 8.59. The van der Waals surface area contributed by atoms with E-state index in [9.17, 15) is 0 Å². The molecule has 0 atom stereocenters. The fourth-order valence-electron chi connectivity index (χ4n) is 6.30. The molecule has 2 aromatic heterocycles. The fraction of sp³-hybridized carbons (Fsp3) is 0.815. The van der Waals surface area contributed by atoms with E-state index in [1.807, 2.05) is 6.33 Å². The maximum atomic E-state index is 6.14. The first-order chi connectivity index (χ1) is 17.5. The molecule has 1 aliphatic heterocycles. The number of anilines is 2. The number of unbranched alkanes of at least 4 members (excludes halogenated alkanes) is 1. The number of nitrogens with two attached hydrogens (primary N) is 1. The number of hydrogen-bond donors (Lipinski definition) is 3. The van der Waals surface area contributed by atoms with Gasteiger partial charge in [0.2, 0.25) is 5.95 Å². The second-order valence-corrected chi connectivity index (χ2v) is 11.8. The van der Waals surface area contributed by atoms with Crippen molar-refractivity contribution in [2.75, 3.05) is 44.5 Å². The molecule has 0 amide bonds. The molecule has 9 nitrogen and oxygen atoms in total. The zero-order valence-corrected chi connectivity index (χ0v) is 22.5. The van der Waals surface area contributed by atoms with Crippen LogP contribution in [-0.2, 0) is 0 Å². The van der Waals surface area contributed by atoms with Gasteiger partial charge in [-0.15, -0.1) is 0 Å². The van der Waals surface area contributed by atoms with Crippen molar-refractivity contribution < 1.29 is 0 Å². The van der Waals surface area contributed by atoms with Crippen LogP contribution in [0.2, 0.25) is 0 Å². The fourth-order valence-corrected chi connectivity index (χ4v) is 6.30. The van der Waals surface area contributed by atoms with Crippen LogP contribution in [0.5, 0.6) is 0 Å². The summed E-state index contributed by atoms with van der Waals surface area (Å²) in [5.74, 6) is 2.41. The van der Waals surface area contributed by atoms with Crippen molar-refractivity contribution in [3.05, 3.63) is 6.33 Å². The summed E-state index contributed by atoms with van der Waals surface area (Å²) in [6, 6.07) is 1.23. The van der Waals surface area contributed by atoms with E-state index >= 15 is 0 Å². The minimum atomic E-state index is 0.336. The molecule has 0 spiro atoms. The van der Waals surface area contributed by atoms with E-state index in [1.54, 1.807) is 0 Å². The highest BCUT2D eigenvalue weighted by molar-refractivity contribution is 5.84. The highest BCUT2D eigenvalue weighted by atomic mass is 15.5. The summed E-state index contributed by atoms with van der Waals surface area (Å²) in [4.78, 5) is 17.0. The van der Waals surface area contributed by atoms with Gasteiger partial charge in [-0.1, -0.05) is 25.7 Å². The number of hydrogen-bond acceptors (Lipinski definition) is 8. The summed E-state index contributed by atoms with van der Waals surface area (Å²) in [5.41, 5.74) is 11.6. The lowest BCUT2D eigenvalue weighted by Crippen LogP contribution is -2.38. The Balaban J connectivity index is 1.26. The van der Waals surface area contributed by atoms with Crippen molar-refractivity contribution in [2.24, 2.45) is 11.7 Å². The van der Waals surface area contributed by atoms with Gasteiger partial charge in [0.05, 0.1) is 6.33 Å². The van der Waals surface area contributed by atoms with Gasteiger partial charge in [0, 0.05) is 31.2 Å². The van der Waals surface area contributed by atoms with E-state index in [1.165, 1.54) is 64.3 Å². The van der Waals surface area contributed by atoms with Gasteiger partial charge >= 0.3 is 0 Å². The van der Waals surface area contributed by atoms with Gasteiger partial charge in [0.15, 0.2) is 17.0 Å². The predicted molar refractivity (Wildman–Crippen MR) is 147 cm³/mol. The molecule has 0 radical (unpaired) electrons. The Morgan fingerprint density at radius 2 is 1.72 bits per heavy atom. The normalized spacial score (nSPS) is 24.7. The summed E-state index contributed by atoms with van der Waals surface area (Å²) in [6.45, 7) is 3.30. The van der Waals surface area contributed by atoms with E-state index in [2.05, 4.69) is 39.3 Å². The second-order valence-electron chi connectivity index (χ2n) is 11.8. The Morgan fingerprint density at radius 1 is 0.972 bits per heavy atom. The van der Waals surface area contributed by atoms with Gasteiger partial charge in [-0.25, -0.2) is 9.99 Å². The van der Waals surface area contributed by atoms with Crippen LogP contribution in [0.4, 0.5) is 11.8 Å². The van der Waals surface area contributed by atoms with Crippen LogP contribution in [0.1, 0.15) is 89.5 Å². The average Bonchev–Trinajstić information content (AvgIpc) is 3.54. The van der Waals surface area contributed by atoms with Crippen molar-refractivity contribution in [1.82, 2.24) is 29.4 Å². The molecule has 0 aromatic carbocycles. The van der Waals surface area contributed by atoms with Crippen molar-refractivity contribution in [2.45, 2.75) is 102 Å². The molecule has 2 saturated carbocycles. The Hall–Kier alpha value is -1.97. The van der Waals surface area contributed by atoms with Gasteiger partial charge in [0.25, 0.3) is 0 Å². The summed E-state index contributed by atoms with van der Waals surface area (Å²) >= 11 is 0. The number of piperidine rings is 1. The van der Waals surface area contributed by atoms with Crippen LogP contribution in [0.15, 0.2) is 6.33 Å². The number of rotatable bonds is 10. The van der Waals surface area contributed by atoms with Crippen LogP contribution >= 0.6 is 0 Å². The lowest BCUT2D eigenvalue weighted by molar-refractivity contribution is 0.206. The minimum Gasteiger partial charge on any atom is -0.351 e. The molecule has 36 heavy (non-hydrogen) atoms. The second kappa shape index (κ2) is 12.0. The molecule has 3 fully saturated rings. The quantitative estimate of drug-likeness (QED) is 0.416. The van der Waals surface area contributed by atoms with E-state index in [0.717, 1.165) is 67.6 Å². The predicted octanol–water partition coefficient (Wildman–Crippen LogP) is 4.39. The topological polar surface area (TPSA) is 100 Å². The lowest BCUT2D eigenvalue weighted by atomic mass is 9.92. The van der Waals surface area contributed by atoms with Crippen LogP contribution in [-0.4, -0.2) is 75.2 Å². The average molecular weight is 498 g/mol. The number of aromatic nitrogens is 4. The standard InChI is InChI=1S/C27H47N9/c1-34(2)16-6-5-7-20-14-17-35(18-15-20)33-25-24-26(36(19-29-24)23-8-3-4-9-23)32-27(31-25)30-22-12-10-21(28)11-13-22/h19-23H,3-18,28H2,1-2H3,(H2,30,31,32,33)/t21-,22-. The molecule has 0 unspecified atom stereocenters. The lowest BCUT2D eigenvalue weighted by Gasteiger charge is -2.32. The van der Waals surface area contributed by atoms with Gasteiger partial charge in [-0.3, -0.25) is 0 Å². The van der Waals surface area contributed by atoms with Gasteiger partial charge < -0.3 is 25.9 Å². The molecule has 2 aromatic rings. The third-order valence-corrected chi connectivity index (χ3v) is 8.59. The largest absolute Gasteiger partial charge is 0.351 e. The smallest absolute Gasteiger partial charge is 0.227 e. The highest BCUT2D eigenvalue weighted by Gasteiger charge is 2.25. The first kappa shape index (κ1) is 25.7. The number of hydrazine groups is 1. The first-order valence-corrected chi connectivity index (χ1v) is 14.5. The number of nitrogens with zero attached hydrogens (tertiary/aromatic N) is 6. The van der Waals surface area contributed by atoms with Crippen LogP contribution < -0.4 is 16.5 Å². The Labute approximate surface area is 216 Å². The summed E-state index contributed by atoms with van der Waals surface area (Å²) in [7, 11) is 4.33. The molecule has 9 heteroatoms. The molecule has 2 aliphatic carbocycles. The van der Waals surface area contributed by atoms with Crippen molar-refractivity contribution >= 4 is 22.9 Å². The third kappa shape index (κ3) is 6.47. The molecule has 4 N–H and O–H groups in total. The van der Waals surface area contributed by atoms with E-state index in [-0.39, 0.29) is 0 Å². The van der Waals surface area contributed by atoms with E-state index in [0.29, 0.717) is 18.1 Å². The monoisotopic (exact) mass is 497 g/mol. The summed E-state index contributed by atoms with van der Waals surface area (Å²) in [6.07, 6.45) is 17.8. The van der Waals surface area contributed by atoms with E-state index < -0.39 is 0 Å². The molecular weight excluding hydrogens is 450 g/mol. The van der Waals surface area contributed by atoms with Gasteiger partial charge in [0.1, 0.15) is 0 Å². The minimum absolute atomic E-state index is 0.336. The highest BCUT2D eigenvalue weighted by Crippen LogP contribution is 2.34. The number of imidazole rings is 1. The SMILES string of the molecule is CN(C)CCCCC1CCN(Nc2nc(N[C@H]3CC[C@H](N)CC3)nc3c2ncn3C2CCCC2)CC1. The summed E-state index contributed by atoms with van der Waals surface area (Å²) < 4.78 is 2.30. The van der Waals surface area contributed by atoms with Crippen LogP contribution in [0.25, 0.3) is 11.2 Å². The van der Waals surface area contributed by atoms with Gasteiger partial charge in [-0.05, 0) is 84.3 Å². The first-order valence-electron chi connectivity index (χ1n) is 14.5. The molecule has 3 aliphatic rings. The number of nitrogens with one attached hydrogen (secondary N) is 2. The van der Waals surface area contributed by atoms with Gasteiger partial charge in [-0.2, -0.15) is 9.97 Å². The van der Waals surface area contributed by atoms with E-state index in [4.69, 9.17) is 20.7 Å². The molecule has 5 rings (SSSR count). The maximum absolute atomic E-state index is 6.14. The van der Waals surface area contributed by atoms with Crippen LogP contribution in [0.3, 0.4) is 0 Å². The Bertz CT molecular complexity index is 952. The number of fused-ring (bicyclic) bond motifs is 1. The van der Waals surface area contributed by atoms with Crippen molar-refractivity contribution in [3.8, 4) is 0 Å². The zero-order chi connectivity index (χ0) is 24.9. The molecule has 200 valence electrons. The molecule has 1 saturated heterocycles. The Morgan fingerprint density at radius 3 is 2.44 bits per heavy atom.